The van der Waals surface area contributed by atoms with E-state index in [4.69, 9.17) is 18.7 Å². The fourth-order valence-corrected chi connectivity index (χ4v) is 4.06. The molecule has 3 aromatic rings. The summed E-state index contributed by atoms with van der Waals surface area (Å²) in [5.74, 6) is 0.597. The first-order chi connectivity index (χ1) is 16.9. The minimum absolute atomic E-state index is 0.0575. The van der Waals surface area contributed by atoms with Gasteiger partial charge in [-0.05, 0) is 37.6 Å². The second-order valence-corrected chi connectivity index (χ2v) is 8.53. The first kappa shape index (κ1) is 24.1. The number of hydrogen-bond acceptors (Lipinski definition) is 9. The second-order valence-electron chi connectivity index (χ2n) is 7.52. The summed E-state index contributed by atoms with van der Waals surface area (Å²) < 4.78 is 21.0. The van der Waals surface area contributed by atoms with Crippen LogP contribution < -0.4 is 20.1 Å². The Morgan fingerprint density at radius 2 is 1.89 bits per heavy atom. The zero-order chi connectivity index (χ0) is 24.8. The number of nitrogens with zero attached hydrogens (tertiary/aromatic N) is 1. The van der Waals surface area contributed by atoms with E-state index in [0.717, 1.165) is 0 Å². The Kier molecular flexibility index (Phi) is 7.56. The number of carbonyl (C=O) groups excluding carboxylic acids is 3. The van der Waals surface area contributed by atoms with Crippen LogP contribution in [-0.4, -0.2) is 41.6 Å². The normalized spacial score (nSPS) is 12.6. The maximum Gasteiger partial charge on any atom is 0.340 e. The standard InChI is InChI=1S/C24H23N3O7S/c1-3-17(23(29)26-21-10-14(2)34-27-21)33-24(30)16-6-4-5-7-20(16)35-12-22(28)25-15-8-9-18-19(11-15)32-13-31-18/h4-11,17H,3,12-13H2,1-2H3,(H,25,28)(H,26,27,29). The van der Waals surface area contributed by atoms with Gasteiger partial charge >= 0.3 is 5.97 Å². The van der Waals surface area contributed by atoms with Crippen LogP contribution in [-0.2, 0) is 14.3 Å². The molecular weight excluding hydrogens is 474 g/mol. The van der Waals surface area contributed by atoms with E-state index in [-0.39, 0.29) is 36.3 Å². The Morgan fingerprint density at radius 3 is 2.66 bits per heavy atom. The van der Waals surface area contributed by atoms with Gasteiger partial charge in [0.15, 0.2) is 23.4 Å². The molecule has 0 fully saturated rings. The lowest BCUT2D eigenvalue weighted by Crippen LogP contribution is -2.32. The summed E-state index contributed by atoms with van der Waals surface area (Å²) in [7, 11) is 0. The number of carbonyl (C=O) groups is 3. The molecule has 0 aliphatic carbocycles. The van der Waals surface area contributed by atoms with Crippen LogP contribution in [0.4, 0.5) is 11.5 Å². The van der Waals surface area contributed by atoms with Crippen molar-refractivity contribution in [2.75, 3.05) is 23.2 Å². The van der Waals surface area contributed by atoms with E-state index < -0.39 is 18.0 Å². The fourth-order valence-electron chi connectivity index (χ4n) is 3.22. The van der Waals surface area contributed by atoms with Crippen molar-refractivity contribution >= 4 is 41.1 Å². The van der Waals surface area contributed by atoms with Crippen LogP contribution in [0.25, 0.3) is 0 Å². The molecule has 2 amide bonds. The second kappa shape index (κ2) is 11.0. The molecule has 1 atom stereocenters. The molecule has 35 heavy (non-hydrogen) atoms. The number of aromatic nitrogens is 1. The van der Waals surface area contributed by atoms with E-state index in [0.29, 0.717) is 27.8 Å². The van der Waals surface area contributed by atoms with Crippen LogP contribution >= 0.6 is 11.8 Å². The number of benzene rings is 2. The summed E-state index contributed by atoms with van der Waals surface area (Å²) in [4.78, 5) is 38.4. The van der Waals surface area contributed by atoms with Crippen molar-refractivity contribution < 1.29 is 33.1 Å². The highest BCUT2D eigenvalue weighted by Gasteiger charge is 2.24. The number of rotatable bonds is 9. The van der Waals surface area contributed by atoms with Gasteiger partial charge in [-0.15, -0.1) is 11.8 Å². The molecule has 182 valence electrons. The molecule has 1 aromatic heterocycles. The van der Waals surface area contributed by atoms with E-state index in [9.17, 15) is 14.4 Å². The van der Waals surface area contributed by atoms with Crippen molar-refractivity contribution in [3.05, 3.63) is 59.9 Å². The molecule has 0 spiro atoms. The van der Waals surface area contributed by atoms with Gasteiger partial charge in [0.25, 0.3) is 5.91 Å². The lowest BCUT2D eigenvalue weighted by atomic mass is 10.2. The molecule has 11 heteroatoms. The molecule has 10 nitrogen and oxygen atoms in total. The third-order valence-corrected chi connectivity index (χ3v) is 5.99. The predicted octanol–water partition coefficient (Wildman–Crippen LogP) is 4.02. The Morgan fingerprint density at radius 1 is 1.09 bits per heavy atom. The van der Waals surface area contributed by atoms with Gasteiger partial charge in [-0.1, -0.05) is 24.2 Å². The summed E-state index contributed by atoms with van der Waals surface area (Å²) in [5, 5.41) is 9.07. The molecule has 1 unspecified atom stereocenters. The Hall–Kier alpha value is -3.99. The number of nitrogens with one attached hydrogen (secondary N) is 2. The van der Waals surface area contributed by atoms with Gasteiger partial charge < -0.3 is 29.4 Å². The van der Waals surface area contributed by atoms with Crippen LogP contribution in [0.5, 0.6) is 11.5 Å². The number of aryl methyl sites for hydroxylation is 1. The quantitative estimate of drug-likeness (QED) is 0.333. The summed E-state index contributed by atoms with van der Waals surface area (Å²) in [6, 6.07) is 13.4. The number of anilines is 2. The number of hydrogen-bond donors (Lipinski definition) is 2. The van der Waals surface area contributed by atoms with Crippen LogP contribution in [0.15, 0.2) is 57.9 Å². The van der Waals surface area contributed by atoms with E-state index in [2.05, 4.69) is 15.8 Å². The lowest BCUT2D eigenvalue weighted by molar-refractivity contribution is -0.124. The molecule has 0 radical (unpaired) electrons. The largest absolute Gasteiger partial charge is 0.454 e. The highest BCUT2D eigenvalue weighted by molar-refractivity contribution is 8.00. The van der Waals surface area contributed by atoms with Gasteiger partial charge in [0.05, 0.1) is 11.3 Å². The average Bonchev–Trinajstić information content (AvgIpc) is 3.49. The zero-order valence-corrected chi connectivity index (χ0v) is 19.8. The highest BCUT2D eigenvalue weighted by atomic mass is 32.2. The molecule has 1 aliphatic heterocycles. The first-order valence-electron chi connectivity index (χ1n) is 10.8. The average molecular weight is 498 g/mol. The zero-order valence-electron chi connectivity index (χ0n) is 19.0. The number of ether oxygens (including phenoxy) is 3. The molecule has 0 bridgehead atoms. The lowest BCUT2D eigenvalue weighted by Gasteiger charge is -2.16. The molecule has 0 saturated heterocycles. The number of amides is 2. The smallest absolute Gasteiger partial charge is 0.340 e. The maximum absolute atomic E-state index is 12.9. The predicted molar refractivity (Wildman–Crippen MR) is 128 cm³/mol. The fraction of sp³-hybridized carbons (Fsp3) is 0.250. The van der Waals surface area contributed by atoms with E-state index in [1.807, 2.05) is 0 Å². The van der Waals surface area contributed by atoms with Crippen LogP contribution in [0.2, 0.25) is 0 Å². The molecule has 0 saturated carbocycles. The van der Waals surface area contributed by atoms with Gasteiger partial charge in [-0.25, -0.2) is 4.79 Å². The minimum atomic E-state index is -1.02. The van der Waals surface area contributed by atoms with Crippen LogP contribution in [0, 0.1) is 6.92 Å². The Labute approximate surface area is 205 Å². The third kappa shape index (κ3) is 6.12. The van der Waals surface area contributed by atoms with Gasteiger partial charge in [0.2, 0.25) is 12.7 Å². The Bertz CT molecular complexity index is 1240. The molecule has 4 rings (SSSR count). The monoisotopic (exact) mass is 497 g/mol. The summed E-state index contributed by atoms with van der Waals surface area (Å²) in [5.41, 5.74) is 0.837. The van der Waals surface area contributed by atoms with E-state index in [1.165, 1.54) is 11.8 Å². The topological polar surface area (TPSA) is 129 Å². The summed E-state index contributed by atoms with van der Waals surface area (Å²) in [6.45, 7) is 3.58. The summed E-state index contributed by atoms with van der Waals surface area (Å²) >= 11 is 1.18. The molecule has 1 aliphatic rings. The SMILES string of the molecule is CCC(OC(=O)c1ccccc1SCC(=O)Nc1ccc2c(c1)OCO2)C(=O)Nc1cc(C)on1. The summed E-state index contributed by atoms with van der Waals surface area (Å²) in [6.07, 6.45) is -0.756. The van der Waals surface area contributed by atoms with Crippen molar-refractivity contribution in [2.45, 2.75) is 31.3 Å². The van der Waals surface area contributed by atoms with E-state index >= 15 is 0 Å². The highest BCUT2D eigenvalue weighted by Crippen LogP contribution is 2.34. The van der Waals surface area contributed by atoms with Crippen molar-refractivity contribution in [2.24, 2.45) is 0 Å². The van der Waals surface area contributed by atoms with Gasteiger partial charge in [0.1, 0.15) is 5.76 Å². The number of esters is 1. The van der Waals surface area contributed by atoms with Crippen molar-refractivity contribution in [3.8, 4) is 11.5 Å². The van der Waals surface area contributed by atoms with Crippen molar-refractivity contribution in [1.29, 1.82) is 0 Å². The van der Waals surface area contributed by atoms with Crippen LogP contribution in [0.1, 0.15) is 29.5 Å². The maximum atomic E-state index is 12.9. The minimum Gasteiger partial charge on any atom is -0.454 e. The van der Waals surface area contributed by atoms with Gasteiger partial charge in [0, 0.05) is 22.7 Å². The molecule has 2 N–H and O–H groups in total. The number of thioether (sulfide) groups is 1. The van der Waals surface area contributed by atoms with Crippen LogP contribution in [0.3, 0.4) is 0 Å². The number of fused-ring (bicyclic) bond motifs is 1. The third-order valence-electron chi connectivity index (χ3n) is 4.91. The van der Waals surface area contributed by atoms with E-state index in [1.54, 1.807) is 62.4 Å². The molecule has 2 heterocycles. The molecule has 2 aromatic carbocycles. The van der Waals surface area contributed by atoms with Crippen molar-refractivity contribution in [1.82, 2.24) is 5.16 Å². The first-order valence-corrected chi connectivity index (χ1v) is 11.8. The van der Waals surface area contributed by atoms with Gasteiger partial charge in [-0.3, -0.25) is 9.59 Å². The van der Waals surface area contributed by atoms with Gasteiger partial charge in [-0.2, -0.15) is 0 Å². The Balaban J connectivity index is 1.35. The molecular formula is C24H23N3O7S. The van der Waals surface area contributed by atoms with Crippen molar-refractivity contribution in [3.63, 3.8) is 0 Å².